The molecule has 0 aliphatic rings. The highest BCUT2D eigenvalue weighted by molar-refractivity contribution is 6.06. The maximum absolute atomic E-state index is 12.7. The van der Waals surface area contributed by atoms with Crippen LogP contribution in [0.1, 0.15) is 15.9 Å². The summed E-state index contributed by atoms with van der Waals surface area (Å²) in [5.74, 6) is 0.573. The van der Waals surface area contributed by atoms with Gasteiger partial charge in [0.2, 0.25) is 0 Å². The Labute approximate surface area is 147 Å². The number of fused-ring (bicyclic) bond motifs is 1. The summed E-state index contributed by atoms with van der Waals surface area (Å²) in [7, 11) is 5.80. The number of hydrogen-bond donors (Lipinski definition) is 2. The summed E-state index contributed by atoms with van der Waals surface area (Å²) >= 11 is 0. The molecule has 0 radical (unpaired) electrons. The van der Waals surface area contributed by atoms with Crippen LogP contribution in [-0.2, 0) is 6.54 Å². The molecule has 0 aliphatic carbocycles. The van der Waals surface area contributed by atoms with Crippen LogP contribution in [0, 0.1) is 0 Å². The van der Waals surface area contributed by atoms with Crippen molar-refractivity contribution in [3.05, 3.63) is 65.7 Å². The minimum Gasteiger partial charge on any atom is -0.378 e. The van der Waals surface area contributed by atoms with E-state index >= 15 is 0 Å². The van der Waals surface area contributed by atoms with E-state index in [4.69, 9.17) is 0 Å². The van der Waals surface area contributed by atoms with E-state index in [0.29, 0.717) is 17.9 Å². The molecule has 2 N–H and O–H groups in total. The Balaban J connectivity index is 1.84. The largest absolute Gasteiger partial charge is 0.378 e. The monoisotopic (exact) mass is 334 g/mol. The standard InChI is InChI=1S/C20H22N4O/c1-21-19-12-17(16-9-4-5-10-18(16)23-19)20(25)22-13-14-7-6-8-15(11-14)24(2)3/h4-12H,13H2,1-3H3,(H,21,23)(H,22,25). The maximum atomic E-state index is 12.7. The van der Waals surface area contributed by atoms with Crippen LogP contribution in [0.15, 0.2) is 54.6 Å². The van der Waals surface area contributed by atoms with E-state index in [1.165, 1.54) is 0 Å². The third-order valence-corrected chi connectivity index (χ3v) is 4.10. The van der Waals surface area contributed by atoms with Gasteiger partial charge in [0.1, 0.15) is 5.82 Å². The van der Waals surface area contributed by atoms with Gasteiger partial charge in [0.15, 0.2) is 0 Å². The summed E-state index contributed by atoms with van der Waals surface area (Å²) in [6.45, 7) is 0.478. The van der Waals surface area contributed by atoms with Crippen LogP contribution in [0.25, 0.3) is 10.9 Å². The SMILES string of the molecule is CNc1cc(C(=O)NCc2cccc(N(C)C)c2)c2ccccc2n1. The van der Waals surface area contributed by atoms with Crippen molar-refractivity contribution in [3.63, 3.8) is 0 Å². The fourth-order valence-electron chi connectivity index (χ4n) is 2.71. The average Bonchev–Trinajstić information content (AvgIpc) is 2.65. The second kappa shape index (κ2) is 7.21. The van der Waals surface area contributed by atoms with Crippen molar-refractivity contribution in [3.8, 4) is 0 Å². The molecule has 0 saturated heterocycles. The lowest BCUT2D eigenvalue weighted by Crippen LogP contribution is -2.23. The predicted octanol–water partition coefficient (Wildman–Crippen LogP) is 3.27. The van der Waals surface area contributed by atoms with Gasteiger partial charge in [0.25, 0.3) is 5.91 Å². The van der Waals surface area contributed by atoms with Crippen molar-refractivity contribution in [2.45, 2.75) is 6.54 Å². The van der Waals surface area contributed by atoms with Crippen molar-refractivity contribution in [1.82, 2.24) is 10.3 Å². The lowest BCUT2D eigenvalue weighted by molar-refractivity contribution is 0.0952. The van der Waals surface area contributed by atoms with Crippen LogP contribution in [0.5, 0.6) is 0 Å². The maximum Gasteiger partial charge on any atom is 0.252 e. The number of nitrogens with one attached hydrogen (secondary N) is 2. The molecule has 5 heteroatoms. The third-order valence-electron chi connectivity index (χ3n) is 4.10. The first-order chi connectivity index (χ1) is 12.1. The lowest BCUT2D eigenvalue weighted by Gasteiger charge is -2.14. The molecule has 128 valence electrons. The second-order valence-corrected chi connectivity index (χ2v) is 6.07. The zero-order valence-electron chi connectivity index (χ0n) is 14.7. The normalized spacial score (nSPS) is 10.5. The molecule has 0 aliphatic heterocycles. The predicted molar refractivity (Wildman–Crippen MR) is 103 cm³/mol. The minimum absolute atomic E-state index is 0.106. The Kier molecular flexibility index (Phi) is 4.84. The first kappa shape index (κ1) is 16.8. The summed E-state index contributed by atoms with van der Waals surface area (Å²) in [5.41, 5.74) is 3.60. The molecule has 0 atom stereocenters. The molecule has 1 aromatic heterocycles. The van der Waals surface area contributed by atoms with Crippen LogP contribution in [0.4, 0.5) is 11.5 Å². The number of pyridine rings is 1. The van der Waals surface area contributed by atoms with Crippen LogP contribution in [0.2, 0.25) is 0 Å². The Morgan fingerprint density at radius 1 is 1.08 bits per heavy atom. The van der Waals surface area contributed by atoms with Crippen molar-refractivity contribution in [1.29, 1.82) is 0 Å². The van der Waals surface area contributed by atoms with Crippen molar-refractivity contribution in [2.75, 3.05) is 31.4 Å². The molecule has 0 bridgehead atoms. The number of rotatable bonds is 5. The van der Waals surface area contributed by atoms with Crippen molar-refractivity contribution < 1.29 is 4.79 Å². The number of nitrogens with zero attached hydrogens (tertiary/aromatic N) is 2. The van der Waals surface area contributed by atoms with E-state index in [1.807, 2.05) is 61.5 Å². The molecule has 25 heavy (non-hydrogen) atoms. The fraction of sp³-hybridized carbons (Fsp3) is 0.200. The van der Waals surface area contributed by atoms with Gasteiger partial charge in [-0.2, -0.15) is 0 Å². The summed E-state index contributed by atoms with van der Waals surface area (Å²) in [6.07, 6.45) is 0. The van der Waals surface area contributed by atoms with Gasteiger partial charge in [-0.05, 0) is 29.8 Å². The van der Waals surface area contributed by atoms with Crippen LogP contribution < -0.4 is 15.5 Å². The van der Waals surface area contributed by atoms with Crippen LogP contribution >= 0.6 is 0 Å². The zero-order valence-corrected chi connectivity index (χ0v) is 14.7. The molecule has 3 aromatic rings. The zero-order chi connectivity index (χ0) is 17.8. The number of carbonyl (C=O) groups is 1. The van der Waals surface area contributed by atoms with Gasteiger partial charge < -0.3 is 15.5 Å². The van der Waals surface area contributed by atoms with E-state index in [-0.39, 0.29) is 5.91 Å². The Morgan fingerprint density at radius 2 is 1.88 bits per heavy atom. The number of para-hydroxylation sites is 1. The van der Waals surface area contributed by atoms with E-state index < -0.39 is 0 Å². The topological polar surface area (TPSA) is 57.3 Å². The van der Waals surface area contributed by atoms with Gasteiger partial charge >= 0.3 is 0 Å². The average molecular weight is 334 g/mol. The summed E-state index contributed by atoms with van der Waals surface area (Å²) in [4.78, 5) is 19.3. The number of hydrogen-bond acceptors (Lipinski definition) is 4. The molecule has 0 spiro atoms. The van der Waals surface area contributed by atoms with Gasteiger partial charge in [-0.3, -0.25) is 4.79 Å². The van der Waals surface area contributed by atoms with Gasteiger partial charge in [-0.25, -0.2) is 4.98 Å². The number of benzene rings is 2. The second-order valence-electron chi connectivity index (χ2n) is 6.07. The Hall–Kier alpha value is -3.08. The highest BCUT2D eigenvalue weighted by Gasteiger charge is 2.12. The summed E-state index contributed by atoms with van der Waals surface area (Å²) in [6, 6.07) is 17.6. The van der Waals surface area contributed by atoms with Gasteiger partial charge in [-0.15, -0.1) is 0 Å². The smallest absolute Gasteiger partial charge is 0.252 e. The van der Waals surface area contributed by atoms with E-state index in [2.05, 4.69) is 21.7 Å². The molecule has 3 rings (SSSR count). The van der Waals surface area contributed by atoms with Gasteiger partial charge in [-0.1, -0.05) is 30.3 Å². The van der Waals surface area contributed by atoms with Crippen LogP contribution in [0.3, 0.4) is 0 Å². The number of aromatic nitrogens is 1. The van der Waals surface area contributed by atoms with Crippen molar-refractivity contribution in [2.24, 2.45) is 0 Å². The van der Waals surface area contributed by atoms with Crippen molar-refractivity contribution >= 4 is 28.3 Å². The molecule has 1 heterocycles. The highest BCUT2D eigenvalue weighted by Crippen LogP contribution is 2.21. The summed E-state index contributed by atoms with van der Waals surface area (Å²) < 4.78 is 0. The molecule has 1 amide bonds. The lowest BCUT2D eigenvalue weighted by atomic mass is 10.1. The highest BCUT2D eigenvalue weighted by atomic mass is 16.1. The van der Waals surface area contributed by atoms with Gasteiger partial charge in [0.05, 0.1) is 11.1 Å². The number of anilines is 2. The molecule has 0 fully saturated rings. The number of amides is 1. The Morgan fingerprint density at radius 3 is 2.64 bits per heavy atom. The molecule has 5 nitrogen and oxygen atoms in total. The van der Waals surface area contributed by atoms with E-state index in [0.717, 1.165) is 22.2 Å². The molecule has 0 saturated carbocycles. The first-order valence-corrected chi connectivity index (χ1v) is 8.20. The van der Waals surface area contributed by atoms with Gasteiger partial charge in [0, 0.05) is 38.8 Å². The fourth-order valence-corrected chi connectivity index (χ4v) is 2.71. The third kappa shape index (κ3) is 3.71. The van der Waals surface area contributed by atoms with Crippen LogP contribution in [-0.4, -0.2) is 32.0 Å². The minimum atomic E-state index is -0.106. The Bertz CT molecular complexity index is 905. The summed E-state index contributed by atoms with van der Waals surface area (Å²) in [5, 5.41) is 6.87. The quantitative estimate of drug-likeness (QED) is 0.752. The van der Waals surface area contributed by atoms with E-state index in [9.17, 15) is 4.79 Å². The van der Waals surface area contributed by atoms with E-state index in [1.54, 1.807) is 13.1 Å². The molecule has 0 unspecified atom stereocenters. The molecular formula is C20H22N4O. The molecule has 2 aromatic carbocycles. The molecular weight excluding hydrogens is 312 g/mol. The number of carbonyl (C=O) groups excluding carboxylic acids is 1. The first-order valence-electron chi connectivity index (χ1n) is 8.20.